The van der Waals surface area contributed by atoms with E-state index in [1.54, 1.807) is 7.11 Å². The molecule has 1 aromatic carbocycles. The molecule has 1 saturated carbocycles. The zero-order valence-electron chi connectivity index (χ0n) is 17.6. The number of benzene rings is 1. The minimum absolute atomic E-state index is 0.0624. The molecule has 3 rings (SSSR count). The number of ether oxygens (including phenoxy) is 2. The highest BCUT2D eigenvalue weighted by Crippen LogP contribution is 2.31. The van der Waals surface area contributed by atoms with Crippen LogP contribution in [0, 0.1) is 0 Å². The Morgan fingerprint density at radius 2 is 1.93 bits per heavy atom. The third-order valence-electron chi connectivity index (χ3n) is 5.15. The van der Waals surface area contributed by atoms with E-state index in [1.165, 1.54) is 24.6 Å². The summed E-state index contributed by atoms with van der Waals surface area (Å²) >= 11 is 1.44. The molecule has 0 radical (unpaired) electrons. The van der Waals surface area contributed by atoms with E-state index in [0.29, 0.717) is 24.1 Å². The first-order chi connectivity index (χ1) is 14.0. The van der Waals surface area contributed by atoms with Gasteiger partial charge in [-0.25, -0.2) is 0 Å². The number of amides is 1. The SMILES string of the molecule is CCn1c(SC(C)C(=O)NC2CCCC2)nnc1C(C)Oc1ccccc1OC. The van der Waals surface area contributed by atoms with E-state index in [2.05, 4.69) is 15.5 Å². The van der Waals surface area contributed by atoms with Crippen LogP contribution in [0.2, 0.25) is 0 Å². The maximum Gasteiger partial charge on any atom is 0.233 e. The van der Waals surface area contributed by atoms with Gasteiger partial charge in [0.1, 0.15) is 0 Å². The Bertz CT molecular complexity index is 820. The summed E-state index contributed by atoms with van der Waals surface area (Å²) in [6, 6.07) is 7.85. The fourth-order valence-electron chi connectivity index (χ4n) is 3.54. The Hall–Kier alpha value is -2.22. The Morgan fingerprint density at radius 1 is 1.24 bits per heavy atom. The van der Waals surface area contributed by atoms with Crippen LogP contribution >= 0.6 is 11.8 Å². The van der Waals surface area contributed by atoms with Crippen molar-refractivity contribution in [3.63, 3.8) is 0 Å². The summed E-state index contributed by atoms with van der Waals surface area (Å²) in [6.07, 6.45) is 4.25. The molecule has 29 heavy (non-hydrogen) atoms. The lowest BCUT2D eigenvalue weighted by atomic mass is 10.2. The second-order valence-electron chi connectivity index (χ2n) is 7.25. The maximum atomic E-state index is 12.5. The van der Waals surface area contributed by atoms with Gasteiger partial charge in [-0.05, 0) is 45.7 Å². The van der Waals surface area contributed by atoms with Crippen molar-refractivity contribution in [2.45, 2.75) is 75.6 Å². The molecule has 0 spiro atoms. The fourth-order valence-corrected chi connectivity index (χ4v) is 4.47. The number of carbonyl (C=O) groups excluding carboxylic acids is 1. The average molecular weight is 419 g/mol. The lowest BCUT2D eigenvalue weighted by molar-refractivity contribution is -0.120. The highest BCUT2D eigenvalue weighted by molar-refractivity contribution is 8.00. The number of aromatic nitrogens is 3. The van der Waals surface area contributed by atoms with Gasteiger partial charge >= 0.3 is 0 Å². The number of para-hydroxylation sites is 2. The van der Waals surface area contributed by atoms with E-state index >= 15 is 0 Å². The van der Waals surface area contributed by atoms with E-state index < -0.39 is 0 Å². The molecule has 1 N–H and O–H groups in total. The van der Waals surface area contributed by atoms with E-state index in [-0.39, 0.29) is 17.3 Å². The molecular formula is C21H30N4O3S. The first-order valence-corrected chi connectivity index (χ1v) is 11.1. The third kappa shape index (κ3) is 5.23. The lowest BCUT2D eigenvalue weighted by Crippen LogP contribution is -2.37. The van der Waals surface area contributed by atoms with Crippen LogP contribution in [0.3, 0.4) is 0 Å². The molecule has 8 heteroatoms. The molecule has 0 saturated heterocycles. The second-order valence-corrected chi connectivity index (χ2v) is 8.55. The summed E-state index contributed by atoms with van der Waals surface area (Å²) in [6.45, 7) is 6.59. The monoisotopic (exact) mass is 418 g/mol. The van der Waals surface area contributed by atoms with E-state index in [9.17, 15) is 4.79 Å². The topological polar surface area (TPSA) is 78.3 Å². The molecule has 1 amide bonds. The van der Waals surface area contributed by atoms with Gasteiger partial charge in [-0.1, -0.05) is 36.7 Å². The Kier molecular flexibility index (Phi) is 7.41. The predicted molar refractivity (Wildman–Crippen MR) is 113 cm³/mol. The van der Waals surface area contributed by atoms with Gasteiger partial charge in [-0.2, -0.15) is 0 Å². The highest BCUT2D eigenvalue weighted by Gasteiger charge is 2.25. The smallest absolute Gasteiger partial charge is 0.233 e. The van der Waals surface area contributed by atoms with Gasteiger partial charge in [0.15, 0.2) is 28.6 Å². The van der Waals surface area contributed by atoms with Gasteiger partial charge in [0, 0.05) is 12.6 Å². The molecule has 2 atom stereocenters. The average Bonchev–Trinajstić information content (AvgIpc) is 3.37. The summed E-state index contributed by atoms with van der Waals surface area (Å²) in [5.74, 6) is 2.12. The minimum Gasteiger partial charge on any atom is -0.493 e. The van der Waals surface area contributed by atoms with Crippen LogP contribution in [0.25, 0.3) is 0 Å². The molecule has 1 aliphatic rings. The van der Waals surface area contributed by atoms with Crippen molar-refractivity contribution < 1.29 is 14.3 Å². The quantitative estimate of drug-likeness (QED) is 0.621. The van der Waals surface area contributed by atoms with Crippen molar-refractivity contribution in [3.8, 4) is 11.5 Å². The van der Waals surface area contributed by atoms with Crippen LogP contribution in [0.15, 0.2) is 29.4 Å². The number of carbonyl (C=O) groups is 1. The largest absolute Gasteiger partial charge is 0.493 e. The number of methoxy groups -OCH3 is 1. The van der Waals surface area contributed by atoms with Crippen LogP contribution in [0.1, 0.15) is 58.4 Å². The summed E-state index contributed by atoms with van der Waals surface area (Å²) in [5.41, 5.74) is 0. The molecule has 2 aromatic rings. The van der Waals surface area contributed by atoms with Crippen LogP contribution in [0.4, 0.5) is 0 Å². The number of nitrogens with one attached hydrogen (secondary N) is 1. The van der Waals surface area contributed by atoms with Crippen molar-refractivity contribution in [2.75, 3.05) is 7.11 Å². The maximum absolute atomic E-state index is 12.5. The van der Waals surface area contributed by atoms with E-state index in [0.717, 1.165) is 23.8 Å². The van der Waals surface area contributed by atoms with Crippen molar-refractivity contribution in [1.82, 2.24) is 20.1 Å². The summed E-state index contributed by atoms with van der Waals surface area (Å²) < 4.78 is 13.4. The molecule has 1 fully saturated rings. The first kappa shape index (κ1) is 21.5. The van der Waals surface area contributed by atoms with Crippen LogP contribution in [0.5, 0.6) is 11.5 Å². The zero-order chi connectivity index (χ0) is 20.8. The van der Waals surface area contributed by atoms with E-state index in [4.69, 9.17) is 9.47 Å². The molecule has 0 bridgehead atoms. The highest BCUT2D eigenvalue weighted by atomic mass is 32.2. The summed E-state index contributed by atoms with van der Waals surface area (Å²) in [7, 11) is 1.62. The zero-order valence-corrected chi connectivity index (χ0v) is 18.4. The lowest BCUT2D eigenvalue weighted by Gasteiger charge is -2.18. The molecular weight excluding hydrogens is 388 g/mol. The van der Waals surface area contributed by atoms with Crippen LogP contribution < -0.4 is 14.8 Å². The van der Waals surface area contributed by atoms with E-state index in [1.807, 2.05) is 49.6 Å². The standard InChI is InChI=1S/C21H30N4O3S/c1-5-25-19(14(2)28-18-13-9-8-12-17(18)27-4)23-24-21(25)29-15(3)20(26)22-16-10-6-7-11-16/h8-9,12-16H,5-7,10-11H2,1-4H3,(H,22,26). The molecule has 158 valence electrons. The number of nitrogens with zero attached hydrogens (tertiary/aromatic N) is 3. The molecule has 1 heterocycles. The fraction of sp³-hybridized carbons (Fsp3) is 0.571. The van der Waals surface area contributed by atoms with Gasteiger partial charge in [-0.3, -0.25) is 4.79 Å². The van der Waals surface area contributed by atoms with Crippen molar-refractivity contribution in [2.24, 2.45) is 0 Å². The van der Waals surface area contributed by atoms with Gasteiger partial charge < -0.3 is 19.4 Å². The first-order valence-electron chi connectivity index (χ1n) is 10.2. The molecule has 2 unspecified atom stereocenters. The Morgan fingerprint density at radius 3 is 2.59 bits per heavy atom. The van der Waals surface area contributed by atoms with Gasteiger partial charge in [-0.15, -0.1) is 10.2 Å². The van der Waals surface area contributed by atoms with Gasteiger partial charge in [0.25, 0.3) is 0 Å². The van der Waals surface area contributed by atoms with Gasteiger partial charge in [0.2, 0.25) is 5.91 Å². The third-order valence-corrected chi connectivity index (χ3v) is 6.23. The molecule has 1 aliphatic carbocycles. The second kappa shape index (κ2) is 10.0. The Balaban J connectivity index is 1.68. The van der Waals surface area contributed by atoms with Crippen molar-refractivity contribution in [1.29, 1.82) is 0 Å². The number of rotatable bonds is 9. The number of hydrogen-bond acceptors (Lipinski definition) is 6. The molecule has 0 aliphatic heterocycles. The van der Waals surface area contributed by atoms with Crippen LogP contribution in [-0.4, -0.2) is 39.1 Å². The molecule has 1 aromatic heterocycles. The van der Waals surface area contributed by atoms with Gasteiger partial charge in [0.05, 0.1) is 12.4 Å². The summed E-state index contributed by atoms with van der Waals surface area (Å²) in [4.78, 5) is 12.5. The summed E-state index contributed by atoms with van der Waals surface area (Å²) in [5, 5.41) is 12.3. The van der Waals surface area contributed by atoms with Crippen molar-refractivity contribution in [3.05, 3.63) is 30.1 Å². The predicted octanol–water partition coefficient (Wildman–Crippen LogP) is 3.99. The number of thioether (sulfide) groups is 1. The number of hydrogen-bond donors (Lipinski definition) is 1. The van der Waals surface area contributed by atoms with Crippen LogP contribution in [-0.2, 0) is 11.3 Å². The minimum atomic E-state index is -0.310. The van der Waals surface area contributed by atoms with Crippen molar-refractivity contribution >= 4 is 17.7 Å². The Labute approximate surface area is 176 Å². The normalized spacial score (nSPS) is 16.4. The molecule has 7 nitrogen and oxygen atoms in total.